The minimum atomic E-state index is -2.93. The van der Waals surface area contributed by atoms with Gasteiger partial charge in [-0.05, 0) is 0 Å². The van der Waals surface area contributed by atoms with Crippen LogP contribution in [0, 0.1) is 0 Å². The van der Waals surface area contributed by atoms with Crippen LogP contribution in [0.3, 0.4) is 0 Å². The van der Waals surface area contributed by atoms with Gasteiger partial charge in [0.15, 0.2) is 0 Å². The van der Waals surface area contributed by atoms with Crippen molar-refractivity contribution in [2.45, 2.75) is 0 Å². The molecule has 6 heterocycles. The third kappa shape index (κ3) is 4.48. The maximum absolute atomic E-state index is 7.42. The van der Waals surface area contributed by atoms with Crippen LogP contribution in [-0.2, 0) is 0 Å². The second kappa shape index (κ2) is 13.0. The van der Waals surface area contributed by atoms with Crippen LogP contribution in [0.15, 0.2) is 206 Å². The molecule has 0 aromatic heterocycles. The summed E-state index contributed by atoms with van der Waals surface area (Å²) in [6, 6.07) is 75.8. The van der Waals surface area contributed by atoms with Gasteiger partial charge in [-0.1, -0.05) is 0 Å². The molecular formula is C58H36Ge2N4O2. The molecule has 0 bridgehead atoms. The number of hydrogen-bond donors (Lipinski definition) is 0. The molecule has 0 saturated heterocycles. The Balaban J connectivity index is 1.05. The van der Waals surface area contributed by atoms with Gasteiger partial charge in [0.25, 0.3) is 0 Å². The SMILES string of the molecule is c1ccc(N2c3cccc4[c]3[GeH]3[c]5c2cccc5N(c2ccccc2)c2[c]3c(cc3c5[c]6c(cc23)Oc2cccc3[c]2[GeH]6[c]2c(cccc2N5c2ccccc2)N3c2ccccc2)O4)cc1. The molecule has 6 nitrogen and oxygen atoms in total. The molecule has 10 aromatic carbocycles. The van der Waals surface area contributed by atoms with E-state index >= 15 is 0 Å². The summed E-state index contributed by atoms with van der Waals surface area (Å²) in [5, 5.41) is 2.37. The van der Waals surface area contributed by atoms with Crippen LogP contribution in [0.5, 0.6) is 23.0 Å². The molecule has 2 unspecified atom stereocenters. The molecule has 66 heavy (non-hydrogen) atoms. The third-order valence-corrected chi connectivity index (χ3v) is 29.2. The van der Waals surface area contributed by atoms with Gasteiger partial charge in [-0.25, -0.2) is 0 Å². The molecule has 6 aliphatic rings. The van der Waals surface area contributed by atoms with Crippen molar-refractivity contribution in [1.29, 1.82) is 0 Å². The summed E-state index contributed by atoms with van der Waals surface area (Å²) in [6.07, 6.45) is 0. The van der Waals surface area contributed by atoms with E-state index in [-0.39, 0.29) is 0 Å². The maximum atomic E-state index is 7.42. The van der Waals surface area contributed by atoms with Crippen molar-refractivity contribution in [2.75, 3.05) is 19.6 Å². The first kappa shape index (κ1) is 35.7. The predicted molar refractivity (Wildman–Crippen MR) is 275 cm³/mol. The molecule has 0 spiro atoms. The molecule has 0 amide bonds. The fraction of sp³-hybridized carbons (Fsp3) is 0. The van der Waals surface area contributed by atoms with Gasteiger partial charge in [0.1, 0.15) is 0 Å². The van der Waals surface area contributed by atoms with E-state index in [9.17, 15) is 0 Å². The van der Waals surface area contributed by atoms with E-state index in [0.717, 1.165) is 45.7 Å². The van der Waals surface area contributed by atoms with Gasteiger partial charge in [-0.3, -0.25) is 0 Å². The van der Waals surface area contributed by atoms with Gasteiger partial charge in [0, 0.05) is 0 Å². The second-order valence-electron chi connectivity index (χ2n) is 17.9. The van der Waals surface area contributed by atoms with E-state index in [2.05, 4.69) is 226 Å². The third-order valence-electron chi connectivity index (χ3n) is 14.7. The zero-order valence-corrected chi connectivity index (χ0v) is 40.2. The van der Waals surface area contributed by atoms with E-state index in [1.807, 2.05) is 0 Å². The van der Waals surface area contributed by atoms with Gasteiger partial charge in [0.05, 0.1) is 0 Å². The fourth-order valence-corrected chi connectivity index (χ4v) is 28.5. The molecule has 0 radical (unpaired) electrons. The Kier molecular flexibility index (Phi) is 7.02. The van der Waals surface area contributed by atoms with Crippen LogP contribution >= 0.6 is 0 Å². The number of para-hydroxylation sites is 4. The Bertz CT molecular complexity index is 3510. The number of fused-ring (bicyclic) bond motifs is 3. The van der Waals surface area contributed by atoms with Crippen molar-refractivity contribution in [3.8, 4) is 23.0 Å². The zero-order valence-electron chi connectivity index (χ0n) is 35.4. The summed E-state index contributed by atoms with van der Waals surface area (Å²) in [4.78, 5) is 10.1. The molecule has 6 aliphatic heterocycles. The first-order valence-corrected chi connectivity index (χ1v) is 30.0. The Morgan fingerprint density at radius 3 is 0.924 bits per heavy atom. The standard InChI is InChI=1S/C58H36Ge2N4O2/c1-5-17-35(18-6-1)61-41-25-13-27-43-51(41)59-53-45(61)29-15-31-47(53)65-49-33-40-39(57(55(49)59)63(43)37-21-9-3-10-22-37)34-50-56-58(40)64(38-23-11-4-12-24-38)44-28-14-26-42-52(44)60(56)54-46(30-16-32-48(54)66-50)62(42)36-19-7-2-8-20-36/h1-34,59-60H. The number of ether oxygens (including phenoxy) is 2. The molecule has 0 N–H and O–H groups in total. The molecule has 0 fully saturated rings. The van der Waals surface area contributed by atoms with Crippen molar-refractivity contribution in [1.82, 2.24) is 0 Å². The fourth-order valence-electron chi connectivity index (χ4n) is 12.4. The van der Waals surface area contributed by atoms with Gasteiger partial charge in [-0.2, -0.15) is 0 Å². The van der Waals surface area contributed by atoms with Gasteiger partial charge < -0.3 is 0 Å². The molecule has 8 heteroatoms. The first-order chi connectivity index (χ1) is 32.8. The van der Waals surface area contributed by atoms with Crippen LogP contribution in [0.2, 0.25) is 0 Å². The van der Waals surface area contributed by atoms with Crippen LogP contribution in [0.1, 0.15) is 0 Å². The number of benzene rings is 10. The van der Waals surface area contributed by atoms with Crippen LogP contribution in [-0.4, -0.2) is 28.7 Å². The van der Waals surface area contributed by atoms with Crippen molar-refractivity contribution in [3.63, 3.8) is 0 Å². The van der Waals surface area contributed by atoms with Crippen molar-refractivity contribution in [3.05, 3.63) is 206 Å². The van der Waals surface area contributed by atoms with Gasteiger partial charge in [-0.15, -0.1) is 0 Å². The van der Waals surface area contributed by atoms with E-state index in [0.29, 0.717) is 0 Å². The average molecular weight is 966 g/mol. The van der Waals surface area contributed by atoms with E-state index < -0.39 is 28.7 Å². The van der Waals surface area contributed by atoms with Gasteiger partial charge >= 0.3 is 392 Å². The van der Waals surface area contributed by atoms with Crippen LogP contribution < -0.4 is 55.4 Å². The summed E-state index contributed by atoms with van der Waals surface area (Å²) in [5.41, 5.74) is 14.5. The number of rotatable bonds is 4. The van der Waals surface area contributed by atoms with Crippen LogP contribution in [0.4, 0.5) is 68.2 Å². The van der Waals surface area contributed by atoms with Crippen LogP contribution in [0.25, 0.3) is 10.8 Å². The number of hydrogen-bond acceptors (Lipinski definition) is 6. The summed E-state index contributed by atoms with van der Waals surface area (Å²) >= 11 is -5.85. The first-order valence-electron chi connectivity index (χ1n) is 22.8. The van der Waals surface area contributed by atoms with Gasteiger partial charge in [0.2, 0.25) is 0 Å². The molecule has 16 rings (SSSR count). The molecule has 10 aromatic rings. The summed E-state index contributed by atoms with van der Waals surface area (Å²) in [7, 11) is 0. The second-order valence-corrected chi connectivity index (χ2v) is 28.8. The topological polar surface area (TPSA) is 31.4 Å². The Hall–Kier alpha value is -7.65. The predicted octanol–water partition coefficient (Wildman–Crippen LogP) is 10.7. The summed E-state index contributed by atoms with van der Waals surface area (Å²) in [5.74, 6) is 3.93. The van der Waals surface area contributed by atoms with E-state index in [1.54, 1.807) is 0 Å². The number of nitrogens with zero attached hydrogens (tertiary/aromatic N) is 4. The molecule has 0 saturated carbocycles. The van der Waals surface area contributed by atoms with E-state index in [4.69, 9.17) is 9.47 Å². The van der Waals surface area contributed by atoms with Crippen molar-refractivity contribution in [2.24, 2.45) is 0 Å². The summed E-state index contributed by atoms with van der Waals surface area (Å²) < 4.78 is 23.3. The van der Waals surface area contributed by atoms with Crippen molar-refractivity contribution >= 4 is 134 Å². The average Bonchev–Trinajstić information content (AvgIpc) is 3.37. The van der Waals surface area contributed by atoms with Crippen molar-refractivity contribution < 1.29 is 9.47 Å². The molecule has 0 aliphatic carbocycles. The Labute approximate surface area is 390 Å². The number of anilines is 12. The quantitative estimate of drug-likeness (QED) is 0.163. The zero-order chi connectivity index (χ0) is 42.8. The molecular weight excluding hydrogens is 930 g/mol. The Morgan fingerprint density at radius 1 is 0.258 bits per heavy atom. The normalized spacial score (nSPS) is 16.6. The monoisotopic (exact) mass is 968 g/mol. The molecule has 2 atom stereocenters. The summed E-state index contributed by atoms with van der Waals surface area (Å²) in [6.45, 7) is 0. The van der Waals surface area contributed by atoms with E-state index in [1.165, 1.54) is 82.6 Å². The minimum absolute atomic E-state index is 0.981. The molecule has 308 valence electrons. The Morgan fingerprint density at radius 2 is 0.561 bits per heavy atom.